The summed E-state index contributed by atoms with van der Waals surface area (Å²) in [6, 6.07) is 23.5. The zero-order chi connectivity index (χ0) is 28.6. The predicted octanol–water partition coefficient (Wildman–Crippen LogP) is 6.01. The number of para-hydroxylation sites is 2. The molecular formula is C29H26N6O5S. The Morgan fingerprint density at radius 1 is 0.927 bits per heavy atom. The second-order valence-electron chi connectivity index (χ2n) is 8.78. The standard InChI is InChI=1S/C29H26N6O5S/c1-39-24-11-5-4-10-23(24)30-28(38)32-26-31-27(35(15-14-25(36)37)18-22-9-6-16-41-22)34-29(33-26)40-21-13-12-19-7-2-3-8-20(19)17-21/h2-13,16-17H,14-15,18H2,1H3,(H,36,37)(H2,30,31,32,33,34,38). The summed E-state index contributed by atoms with van der Waals surface area (Å²) >= 11 is 1.52. The third kappa shape index (κ3) is 7.25. The van der Waals surface area contributed by atoms with Crippen molar-refractivity contribution in [2.75, 3.05) is 29.2 Å². The van der Waals surface area contributed by atoms with Crippen LogP contribution in [-0.2, 0) is 11.3 Å². The topological polar surface area (TPSA) is 139 Å². The molecule has 2 heterocycles. The number of carbonyl (C=O) groups excluding carboxylic acids is 1. The fourth-order valence-corrected chi connectivity index (χ4v) is 4.72. The Kier molecular flexibility index (Phi) is 8.50. The number of aliphatic carboxylic acids is 1. The summed E-state index contributed by atoms with van der Waals surface area (Å²) in [6.45, 7) is 0.483. The molecule has 12 heteroatoms. The van der Waals surface area contributed by atoms with Crippen LogP contribution in [0, 0.1) is 0 Å². The van der Waals surface area contributed by atoms with Crippen molar-refractivity contribution >= 4 is 51.7 Å². The van der Waals surface area contributed by atoms with Crippen molar-refractivity contribution in [3.8, 4) is 17.5 Å². The van der Waals surface area contributed by atoms with Gasteiger partial charge in [0.1, 0.15) is 11.5 Å². The third-order valence-electron chi connectivity index (χ3n) is 5.92. The molecule has 5 aromatic rings. The van der Waals surface area contributed by atoms with Gasteiger partial charge in [0.25, 0.3) is 0 Å². The Hall–Kier alpha value is -5.23. The maximum atomic E-state index is 12.9. The first-order chi connectivity index (χ1) is 20.0. The lowest BCUT2D eigenvalue weighted by atomic mass is 10.1. The molecule has 0 unspecified atom stereocenters. The molecule has 2 aromatic heterocycles. The molecular weight excluding hydrogens is 544 g/mol. The molecule has 41 heavy (non-hydrogen) atoms. The van der Waals surface area contributed by atoms with E-state index in [0.717, 1.165) is 15.6 Å². The average Bonchev–Trinajstić information content (AvgIpc) is 3.48. The van der Waals surface area contributed by atoms with Crippen molar-refractivity contribution in [3.05, 3.63) is 89.1 Å². The van der Waals surface area contributed by atoms with Gasteiger partial charge in [0.15, 0.2) is 0 Å². The highest BCUT2D eigenvalue weighted by Gasteiger charge is 2.19. The smallest absolute Gasteiger partial charge is 0.328 e. The lowest BCUT2D eigenvalue weighted by Gasteiger charge is -2.22. The number of rotatable bonds is 11. The number of ether oxygens (including phenoxy) is 2. The van der Waals surface area contributed by atoms with Gasteiger partial charge < -0.3 is 24.8 Å². The average molecular weight is 571 g/mol. The number of hydrogen-bond acceptors (Lipinski definition) is 9. The minimum absolute atomic E-state index is 0.0654. The molecule has 0 bridgehead atoms. The van der Waals surface area contributed by atoms with Gasteiger partial charge in [-0.3, -0.25) is 10.1 Å². The summed E-state index contributed by atoms with van der Waals surface area (Å²) in [7, 11) is 1.51. The molecule has 0 aliphatic rings. The Morgan fingerprint density at radius 2 is 1.73 bits per heavy atom. The minimum Gasteiger partial charge on any atom is -0.495 e. The van der Waals surface area contributed by atoms with E-state index < -0.39 is 12.0 Å². The normalized spacial score (nSPS) is 10.7. The van der Waals surface area contributed by atoms with Crippen molar-refractivity contribution in [2.24, 2.45) is 0 Å². The molecule has 2 amide bonds. The number of methoxy groups -OCH3 is 1. The molecule has 0 radical (unpaired) electrons. The summed E-state index contributed by atoms with van der Waals surface area (Å²) in [5, 5.41) is 18.6. The zero-order valence-electron chi connectivity index (χ0n) is 22.0. The summed E-state index contributed by atoms with van der Waals surface area (Å²) < 4.78 is 11.3. The molecule has 0 saturated carbocycles. The first-order valence-corrected chi connectivity index (χ1v) is 13.5. The summed E-state index contributed by atoms with van der Waals surface area (Å²) in [4.78, 5) is 40.3. The number of thiophene rings is 1. The number of benzene rings is 3. The Balaban J connectivity index is 1.47. The van der Waals surface area contributed by atoms with Gasteiger partial charge in [-0.25, -0.2) is 4.79 Å². The van der Waals surface area contributed by atoms with Crippen LogP contribution >= 0.6 is 11.3 Å². The second kappa shape index (κ2) is 12.7. The van der Waals surface area contributed by atoms with Crippen molar-refractivity contribution in [3.63, 3.8) is 0 Å². The van der Waals surface area contributed by atoms with E-state index in [9.17, 15) is 14.7 Å². The van der Waals surface area contributed by atoms with E-state index in [1.165, 1.54) is 18.4 Å². The van der Waals surface area contributed by atoms with Gasteiger partial charge >= 0.3 is 18.0 Å². The van der Waals surface area contributed by atoms with Crippen LogP contribution in [0.25, 0.3) is 10.8 Å². The van der Waals surface area contributed by atoms with Crippen molar-refractivity contribution in [2.45, 2.75) is 13.0 Å². The monoisotopic (exact) mass is 570 g/mol. The van der Waals surface area contributed by atoms with E-state index in [1.807, 2.05) is 53.9 Å². The minimum atomic E-state index is -0.961. The molecule has 0 aliphatic carbocycles. The number of nitrogens with zero attached hydrogens (tertiary/aromatic N) is 4. The van der Waals surface area contributed by atoms with Gasteiger partial charge in [-0.1, -0.05) is 48.5 Å². The fourth-order valence-electron chi connectivity index (χ4n) is 4.00. The first-order valence-electron chi connectivity index (χ1n) is 12.6. The number of carboxylic acids is 1. The number of hydrogen-bond donors (Lipinski definition) is 3. The van der Waals surface area contributed by atoms with Gasteiger partial charge in [-0.05, 0) is 46.5 Å². The van der Waals surface area contributed by atoms with Crippen LogP contribution in [0.1, 0.15) is 11.3 Å². The summed E-state index contributed by atoms with van der Waals surface area (Å²) in [5.74, 6) is 0.0795. The summed E-state index contributed by atoms with van der Waals surface area (Å²) in [5.41, 5.74) is 0.454. The van der Waals surface area contributed by atoms with E-state index in [0.29, 0.717) is 23.7 Å². The number of amides is 2. The van der Waals surface area contributed by atoms with E-state index in [-0.39, 0.29) is 30.9 Å². The van der Waals surface area contributed by atoms with E-state index in [4.69, 9.17) is 9.47 Å². The molecule has 11 nitrogen and oxygen atoms in total. The lowest BCUT2D eigenvalue weighted by molar-refractivity contribution is -0.136. The highest BCUT2D eigenvalue weighted by atomic mass is 32.1. The highest BCUT2D eigenvalue weighted by Crippen LogP contribution is 2.27. The highest BCUT2D eigenvalue weighted by molar-refractivity contribution is 7.09. The molecule has 3 aromatic carbocycles. The fraction of sp³-hybridized carbons (Fsp3) is 0.138. The van der Waals surface area contributed by atoms with Crippen LogP contribution in [0.4, 0.5) is 22.4 Å². The van der Waals surface area contributed by atoms with Crippen molar-refractivity contribution in [1.29, 1.82) is 0 Å². The Labute approximate surface area is 239 Å². The Bertz CT molecular complexity index is 1660. The number of aromatic nitrogens is 3. The molecule has 0 atom stereocenters. The van der Waals surface area contributed by atoms with Crippen LogP contribution in [0.2, 0.25) is 0 Å². The Morgan fingerprint density at radius 3 is 2.51 bits per heavy atom. The molecule has 0 spiro atoms. The van der Waals surface area contributed by atoms with Crippen LogP contribution in [0.5, 0.6) is 17.5 Å². The molecule has 5 rings (SSSR count). The molecule has 0 saturated heterocycles. The van der Waals surface area contributed by atoms with E-state index >= 15 is 0 Å². The SMILES string of the molecule is COc1ccccc1NC(=O)Nc1nc(Oc2ccc3ccccc3c2)nc(N(CCC(=O)O)Cc2cccs2)n1. The number of carboxylic acid groups (broad SMARTS) is 1. The van der Waals surface area contributed by atoms with Gasteiger partial charge in [-0.2, -0.15) is 15.0 Å². The zero-order valence-corrected chi connectivity index (χ0v) is 22.8. The number of nitrogens with one attached hydrogen (secondary N) is 2. The van der Waals surface area contributed by atoms with E-state index in [1.54, 1.807) is 35.2 Å². The first kappa shape index (κ1) is 27.3. The lowest BCUT2D eigenvalue weighted by Crippen LogP contribution is -2.28. The predicted molar refractivity (Wildman–Crippen MR) is 157 cm³/mol. The number of fused-ring (bicyclic) bond motifs is 1. The third-order valence-corrected chi connectivity index (χ3v) is 6.78. The summed E-state index contributed by atoms with van der Waals surface area (Å²) in [6.07, 6.45) is -0.144. The molecule has 0 aliphatic heterocycles. The van der Waals surface area contributed by atoms with Crippen LogP contribution in [-0.4, -0.2) is 45.7 Å². The molecule has 3 N–H and O–H groups in total. The van der Waals surface area contributed by atoms with Crippen LogP contribution in [0.3, 0.4) is 0 Å². The van der Waals surface area contributed by atoms with Gasteiger partial charge in [0, 0.05) is 11.4 Å². The van der Waals surface area contributed by atoms with Gasteiger partial charge in [0.05, 0.1) is 25.8 Å². The van der Waals surface area contributed by atoms with Crippen LogP contribution < -0.4 is 25.0 Å². The number of urea groups is 1. The molecule has 0 fully saturated rings. The second-order valence-corrected chi connectivity index (χ2v) is 9.81. The van der Waals surface area contributed by atoms with Crippen LogP contribution in [0.15, 0.2) is 84.2 Å². The maximum Gasteiger partial charge on any atom is 0.328 e. The number of anilines is 3. The quantitative estimate of drug-likeness (QED) is 0.174. The largest absolute Gasteiger partial charge is 0.495 e. The van der Waals surface area contributed by atoms with E-state index in [2.05, 4.69) is 25.6 Å². The van der Waals surface area contributed by atoms with Crippen molar-refractivity contribution in [1.82, 2.24) is 15.0 Å². The molecule has 208 valence electrons. The maximum absolute atomic E-state index is 12.9. The number of carbonyl (C=O) groups is 2. The van der Waals surface area contributed by atoms with Gasteiger partial charge in [-0.15, -0.1) is 11.3 Å². The van der Waals surface area contributed by atoms with Gasteiger partial charge in [0.2, 0.25) is 11.9 Å². The van der Waals surface area contributed by atoms with Crippen molar-refractivity contribution < 1.29 is 24.2 Å².